The maximum absolute atomic E-state index is 13.1. The van der Waals surface area contributed by atoms with Crippen LogP contribution in [0.2, 0.25) is 0 Å². The quantitative estimate of drug-likeness (QED) is 0.658. The molecule has 4 rings (SSSR count). The third kappa shape index (κ3) is 3.39. The molecule has 1 saturated heterocycles. The fourth-order valence-corrected chi connectivity index (χ4v) is 3.29. The number of aromatic nitrogens is 2. The first-order valence-corrected chi connectivity index (χ1v) is 8.50. The van der Waals surface area contributed by atoms with Gasteiger partial charge in [-0.1, -0.05) is 0 Å². The largest absolute Gasteiger partial charge is 0.391 e. The minimum absolute atomic E-state index is 0.0507. The average Bonchev–Trinajstić information content (AvgIpc) is 3.27. The van der Waals surface area contributed by atoms with Crippen LogP contribution in [0.25, 0.3) is 10.9 Å². The highest BCUT2D eigenvalue weighted by molar-refractivity contribution is 6.02. The first kappa shape index (κ1) is 17.2. The summed E-state index contributed by atoms with van der Waals surface area (Å²) >= 11 is 0. The van der Waals surface area contributed by atoms with Crippen molar-refractivity contribution in [1.29, 1.82) is 0 Å². The topological polar surface area (TPSA) is 98.3 Å². The Balaban J connectivity index is 1.53. The van der Waals surface area contributed by atoms with E-state index >= 15 is 0 Å². The number of carbonyl (C=O) groups excluding carboxylic acids is 2. The fraction of sp³-hybridized carbons (Fsp3) is 0.211. The van der Waals surface area contributed by atoms with Gasteiger partial charge in [0.2, 0.25) is 5.91 Å². The van der Waals surface area contributed by atoms with Gasteiger partial charge in [-0.15, -0.1) is 0 Å². The number of nitrogens with one attached hydrogen (secondary N) is 2. The first-order valence-electron chi connectivity index (χ1n) is 8.50. The van der Waals surface area contributed by atoms with Crippen LogP contribution in [0, 0.1) is 5.82 Å². The Kier molecular flexibility index (Phi) is 4.33. The van der Waals surface area contributed by atoms with E-state index in [0.29, 0.717) is 5.69 Å². The zero-order chi connectivity index (χ0) is 19.0. The Morgan fingerprint density at radius 3 is 2.78 bits per heavy atom. The molecule has 0 spiro atoms. The Labute approximate surface area is 153 Å². The minimum atomic E-state index is -0.808. The summed E-state index contributed by atoms with van der Waals surface area (Å²) in [4.78, 5) is 26.8. The molecule has 1 aliphatic rings. The molecule has 27 heavy (non-hydrogen) atoms. The van der Waals surface area contributed by atoms with Crippen LogP contribution in [-0.2, 0) is 4.79 Å². The second-order valence-electron chi connectivity index (χ2n) is 6.53. The van der Waals surface area contributed by atoms with Crippen molar-refractivity contribution in [2.45, 2.75) is 18.6 Å². The highest BCUT2D eigenvalue weighted by atomic mass is 19.1. The number of rotatable bonds is 3. The fourth-order valence-electron chi connectivity index (χ4n) is 3.29. The monoisotopic (exact) mass is 368 g/mol. The van der Waals surface area contributed by atoms with Crippen LogP contribution in [0.4, 0.5) is 10.1 Å². The molecule has 2 aromatic carbocycles. The lowest BCUT2D eigenvalue weighted by Crippen LogP contribution is -2.43. The summed E-state index contributed by atoms with van der Waals surface area (Å²) in [6.45, 7) is 0.0507. The molecule has 3 aromatic rings. The van der Waals surface area contributed by atoms with E-state index in [9.17, 15) is 19.1 Å². The van der Waals surface area contributed by atoms with Gasteiger partial charge in [-0.2, -0.15) is 5.10 Å². The predicted octanol–water partition coefficient (Wildman–Crippen LogP) is 1.92. The number of H-pyrrole nitrogens is 1. The SMILES string of the molecule is O=C(Nc1ccc2[nH]ncc2c1)[C@@H]1C[C@H](O)CN1C(=O)c1ccc(F)cc1. The van der Waals surface area contributed by atoms with Crippen molar-refractivity contribution in [3.63, 3.8) is 0 Å². The molecule has 138 valence electrons. The Morgan fingerprint density at radius 1 is 1.22 bits per heavy atom. The van der Waals surface area contributed by atoms with E-state index in [1.165, 1.54) is 29.2 Å². The third-order valence-corrected chi connectivity index (χ3v) is 4.64. The number of aromatic amines is 1. The number of amides is 2. The van der Waals surface area contributed by atoms with Crippen molar-refractivity contribution in [3.8, 4) is 0 Å². The van der Waals surface area contributed by atoms with Gasteiger partial charge in [0.1, 0.15) is 11.9 Å². The molecule has 1 aromatic heterocycles. The molecule has 2 amide bonds. The molecule has 0 aliphatic carbocycles. The lowest BCUT2D eigenvalue weighted by atomic mass is 10.1. The third-order valence-electron chi connectivity index (χ3n) is 4.64. The van der Waals surface area contributed by atoms with Gasteiger partial charge in [-0.3, -0.25) is 14.7 Å². The summed E-state index contributed by atoms with van der Waals surface area (Å²) in [6.07, 6.45) is 1.00. The standard InChI is InChI=1S/C19H17FN4O3/c20-13-3-1-11(2-4-13)19(27)24-10-15(25)8-17(24)18(26)22-14-5-6-16-12(7-14)9-21-23-16/h1-7,9,15,17,25H,8,10H2,(H,21,23)(H,22,26)/t15-,17-/m0/s1. The molecule has 2 atom stereocenters. The molecule has 2 heterocycles. The highest BCUT2D eigenvalue weighted by Gasteiger charge is 2.39. The van der Waals surface area contributed by atoms with Crippen LogP contribution >= 0.6 is 0 Å². The number of nitrogens with zero attached hydrogens (tertiary/aromatic N) is 2. The van der Waals surface area contributed by atoms with Crippen molar-refractivity contribution in [2.75, 3.05) is 11.9 Å². The second kappa shape index (κ2) is 6.81. The Bertz CT molecular complexity index is 1000. The number of likely N-dealkylation sites (tertiary alicyclic amines) is 1. The Hall–Kier alpha value is -3.26. The van der Waals surface area contributed by atoms with Crippen LogP contribution < -0.4 is 5.32 Å². The minimum Gasteiger partial charge on any atom is -0.391 e. The molecule has 1 fully saturated rings. The molecule has 0 unspecified atom stereocenters. The number of benzene rings is 2. The molecule has 1 aliphatic heterocycles. The molecular weight excluding hydrogens is 351 g/mol. The number of β-amino-alcohol motifs (C(OH)–C–C–N with tert-alkyl or cyclic N) is 1. The van der Waals surface area contributed by atoms with Gasteiger partial charge in [0.25, 0.3) is 5.91 Å². The van der Waals surface area contributed by atoms with Gasteiger partial charge in [-0.25, -0.2) is 4.39 Å². The smallest absolute Gasteiger partial charge is 0.254 e. The number of carbonyl (C=O) groups is 2. The van der Waals surface area contributed by atoms with Crippen LogP contribution in [-0.4, -0.2) is 50.7 Å². The summed E-state index contributed by atoms with van der Waals surface area (Å²) in [5, 5.41) is 20.4. The van der Waals surface area contributed by atoms with E-state index in [0.717, 1.165) is 10.9 Å². The summed E-state index contributed by atoms with van der Waals surface area (Å²) in [5.74, 6) is -1.25. The highest BCUT2D eigenvalue weighted by Crippen LogP contribution is 2.23. The normalized spacial score (nSPS) is 19.4. The number of fused-ring (bicyclic) bond motifs is 1. The van der Waals surface area contributed by atoms with Gasteiger partial charge < -0.3 is 15.3 Å². The van der Waals surface area contributed by atoms with E-state index < -0.39 is 23.9 Å². The average molecular weight is 368 g/mol. The summed E-state index contributed by atoms with van der Waals surface area (Å²) in [5.41, 5.74) is 1.69. The van der Waals surface area contributed by atoms with Crippen LogP contribution in [0.15, 0.2) is 48.7 Å². The van der Waals surface area contributed by atoms with E-state index in [1.54, 1.807) is 24.4 Å². The van der Waals surface area contributed by atoms with Crippen molar-refractivity contribution in [2.24, 2.45) is 0 Å². The van der Waals surface area contributed by atoms with Crippen LogP contribution in [0.1, 0.15) is 16.8 Å². The summed E-state index contributed by atoms with van der Waals surface area (Å²) in [6, 6.07) is 9.60. The number of aliphatic hydroxyl groups excluding tert-OH is 1. The molecule has 8 heteroatoms. The van der Waals surface area contributed by atoms with Gasteiger partial charge >= 0.3 is 0 Å². The van der Waals surface area contributed by atoms with E-state index in [-0.39, 0.29) is 24.4 Å². The zero-order valence-corrected chi connectivity index (χ0v) is 14.2. The number of hydrogen-bond donors (Lipinski definition) is 3. The zero-order valence-electron chi connectivity index (χ0n) is 14.2. The van der Waals surface area contributed by atoms with Crippen molar-refractivity contribution in [3.05, 3.63) is 60.0 Å². The van der Waals surface area contributed by atoms with E-state index in [1.807, 2.05) is 0 Å². The molecule has 0 radical (unpaired) electrons. The van der Waals surface area contributed by atoms with Gasteiger partial charge in [0.15, 0.2) is 0 Å². The Morgan fingerprint density at radius 2 is 2.00 bits per heavy atom. The second-order valence-corrected chi connectivity index (χ2v) is 6.53. The molecular formula is C19H17FN4O3. The number of aliphatic hydroxyl groups is 1. The van der Waals surface area contributed by atoms with E-state index in [2.05, 4.69) is 15.5 Å². The number of anilines is 1. The van der Waals surface area contributed by atoms with E-state index in [4.69, 9.17) is 0 Å². The maximum atomic E-state index is 13.1. The molecule has 0 saturated carbocycles. The molecule has 3 N–H and O–H groups in total. The number of hydrogen-bond acceptors (Lipinski definition) is 4. The molecule has 7 nitrogen and oxygen atoms in total. The van der Waals surface area contributed by atoms with Crippen LogP contribution in [0.5, 0.6) is 0 Å². The van der Waals surface area contributed by atoms with Crippen molar-refractivity contribution in [1.82, 2.24) is 15.1 Å². The van der Waals surface area contributed by atoms with Crippen LogP contribution in [0.3, 0.4) is 0 Å². The van der Waals surface area contributed by atoms with Crippen molar-refractivity contribution >= 4 is 28.4 Å². The first-order chi connectivity index (χ1) is 13.0. The summed E-state index contributed by atoms with van der Waals surface area (Å²) < 4.78 is 13.1. The van der Waals surface area contributed by atoms with Crippen molar-refractivity contribution < 1.29 is 19.1 Å². The summed E-state index contributed by atoms with van der Waals surface area (Å²) in [7, 11) is 0. The lowest BCUT2D eigenvalue weighted by Gasteiger charge is -2.23. The lowest BCUT2D eigenvalue weighted by molar-refractivity contribution is -0.119. The van der Waals surface area contributed by atoms with Gasteiger partial charge in [0, 0.05) is 29.6 Å². The number of halogens is 1. The van der Waals surface area contributed by atoms with Gasteiger partial charge in [0.05, 0.1) is 17.8 Å². The molecule has 0 bridgehead atoms. The maximum Gasteiger partial charge on any atom is 0.254 e. The predicted molar refractivity (Wildman–Crippen MR) is 96.6 cm³/mol. The van der Waals surface area contributed by atoms with Gasteiger partial charge in [-0.05, 0) is 42.5 Å².